The Morgan fingerprint density at radius 1 is 1.40 bits per heavy atom. The lowest BCUT2D eigenvalue weighted by Gasteiger charge is -2.13. The third kappa shape index (κ3) is 2.69. The normalized spacial score (nSPS) is 19.6. The van der Waals surface area contributed by atoms with Crippen molar-refractivity contribution in [2.45, 2.75) is 38.6 Å². The smallest absolute Gasteiger partial charge is 0.270 e. The molecule has 1 N–H and O–H groups in total. The first kappa shape index (κ1) is 14.6. The van der Waals surface area contributed by atoms with Crippen LogP contribution >= 0.6 is 0 Å². The molecule has 0 bridgehead atoms. The summed E-state index contributed by atoms with van der Waals surface area (Å²) in [5.41, 5.74) is 1.23. The summed E-state index contributed by atoms with van der Waals surface area (Å²) in [6.45, 7) is 6.83. The minimum absolute atomic E-state index is 0.0310. The molecule has 1 aliphatic rings. The Balaban J connectivity index is 2.14. The lowest BCUT2D eigenvalue weighted by molar-refractivity contribution is -0.128. The van der Waals surface area contributed by atoms with E-state index in [-0.39, 0.29) is 17.2 Å². The molecule has 1 aromatic heterocycles. The summed E-state index contributed by atoms with van der Waals surface area (Å²) in [5, 5.41) is 7.16. The first-order valence-electron chi connectivity index (χ1n) is 6.80. The molecule has 0 spiro atoms. The van der Waals surface area contributed by atoms with Gasteiger partial charge in [0.2, 0.25) is 5.91 Å². The third-order valence-corrected chi connectivity index (χ3v) is 3.61. The number of hydrogen-bond acceptors (Lipinski definition) is 3. The summed E-state index contributed by atoms with van der Waals surface area (Å²) >= 11 is 0. The Kier molecular flexibility index (Phi) is 3.58. The van der Waals surface area contributed by atoms with Crippen LogP contribution in [0.15, 0.2) is 6.07 Å². The molecule has 1 aliphatic heterocycles. The molecule has 1 unspecified atom stereocenters. The Morgan fingerprint density at radius 3 is 2.50 bits per heavy atom. The van der Waals surface area contributed by atoms with Crippen molar-refractivity contribution in [3.63, 3.8) is 0 Å². The molecule has 1 aromatic rings. The maximum Gasteiger partial charge on any atom is 0.270 e. The second-order valence-electron chi connectivity index (χ2n) is 6.36. The number of carbonyl (C=O) groups is 2. The van der Waals surface area contributed by atoms with Crippen molar-refractivity contribution >= 4 is 11.8 Å². The van der Waals surface area contributed by atoms with Crippen molar-refractivity contribution in [1.29, 1.82) is 0 Å². The Labute approximate surface area is 119 Å². The molecule has 1 fully saturated rings. The van der Waals surface area contributed by atoms with Gasteiger partial charge in [-0.2, -0.15) is 5.10 Å². The first-order chi connectivity index (χ1) is 9.20. The van der Waals surface area contributed by atoms with E-state index in [1.807, 2.05) is 20.8 Å². The molecular weight excluding hydrogens is 256 g/mol. The Hall–Kier alpha value is -1.85. The van der Waals surface area contributed by atoms with Crippen LogP contribution in [0.2, 0.25) is 0 Å². The van der Waals surface area contributed by atoms with Gasteiger partial charge < -0.3 is 10.2 Å². The number of nitrogens with zero attached hydrogens (tertiary/aromatic N) is 3. The van der Waals surface area contributed by atoms with E-state index in [0.717, 1.165) is 5.69 Å². The van der Waals surface area contributed by atoms with Gasteiger partial charge in [0.1, 0.15) is 11.7 Å². The number of carbonyl (C=O) groups excluding carboxylic acids is 2. The Morgan fingerprint density at radius 2 is 2.05 bits per heavy atom. The van der Waals surface area contributed by atoms with Crippen LogP contribution in [0.5, 0.6) is 0 Å². The van der Waals surface area contributed by atoms with Gasteiger partial charge in [0.05, 0.1) is 5.69 Å². The number of aromatic nitrogens is 2. The van der Waals surface area contributed by atoms with Crippen molar-refractivity contribution in [2.75, 3.05) is 13.6 Å². The van der Waals surface area contributed by atoms with E-state index in [2.05, 4.69) is 10.4 Å². The van der Waals surface area contributed by atoms with Crippen molar-refractivity contribution in [3.8, 4) is 0 Å². The molecule has 2 rings (SSSR count). The van der Waals surface area contributed by atoms with Crippen molar-refractivity contribution in [2.24, 2.45) is 7.05 Å². The maximum absolute atomic E-state index is 12.3. The minimum Gasteiger partial charge on any atom is -0.344 e. The zero-order valence-electron chi connectivity index (χ0n) is 12.7. The molecule has 0 radical (unpaired) electrons. The first-order valence-corrected chi connectivity index (χ1v) is 6.80. The van der Waals surface area contributed by atoms with Crippen LogP contribution in [-0.4, -0.2) is 46.1 Å². The average molecular weight is 278 g/mol. The second-order valence-corrected chi connectivity index (χ2v) is 6.36. The molecule has 1 saturated heterocycles. The van der Waals surface area contributed by atoms with Gasteiger partial charge in [-0.05, 0) is 12.5 Å². The average Bonchev–Trinajstić information content (AvgIpc) is 2.86. The zero-order valence-corrected chi connectivity index (χ0v) is 12.7. The number of likely N-dealkylation sites (tertiary alicyclic amines) is 1. The number of hydrogen-bond donors (Lipinski definition) is 1. The maximum atomic E-state index is 12.3. The highest BCUT2D eigenvalue weighted by Gasteiger charge is 2.31. The zero-order chi connectivity index (χ0) is 15.1. The van der Waals surface area contributed by atoms with Gasteiger partial charge >= 0.3 is 0 Å². The summed E-state index contributed by atoms with van der Waals surface area (Å²) in [4.78, 5) is 25.7. The molecule has 0 aromatic carbocycles. The van der Waals surface area contributed by atoms with Crippen LogP contribution in [0.4, 0.5) is 0 Å². The molecule has 2 heterocycles. The third-order valence-electron chi connectivity index (χ3n) is 3.61. The van der Waals surface area contributed by atoms with Gasteiger partial charge in [0, 0.05) is 26.1 Å². The summed E-state index contributed by atoms with van der Waals surface area (Å²) in [6.07, 6.45) is 0.658. The van der Waals surface area contributed by atoms with Crippen LogP contribution in [0, 0.1) is 0 Å². The molecule has 0 aliphatic carbocycles. The second kappa shape index (κ2) is 4.92. The largest absolute Gasteiger partial charge is 0.344 e. The van der Waals surface area contributed by atoms with E-state index in [0.29, 0.717) is 18.7 Å². The van der Waals surface area contributed by atoms with E-state index >= 15 is 0 Å². The van der Waals surface area contributed by atoms with Gasteiger partial charge in [-0.1, -0.05) is 20.8 Å². The van der Waals surface area contributed by atoms with Crippen LogP contribution in [0.3, 0.4) is 0 Å². The standard InChI is InChI=1S/C14H22N4O2/c1-14(2,3)11-8-10(18(5)16-11)12(19)15-9-6-7-17(4)13(9)20/h8-9H,6-7H2,1-5H3,(H,15,19). The molecule has 6 heteroatoms. The van der Waals surface area contributed by atoms with Crippen molar-refractivity contribution in [1.82, 2.24) is 20.0 Å². The summed E-state index contributed by atoms with van der Waals surface area (Å²) < 4.78 is 1.57. The molecule has 2 amide bonds. The summed E-state index contributed by atoms with van der Waals surface area (Å²) in [7, 11) is 3.49. The Bertz CT molecular complexity index is 542. The number of likely N-dealkylation sites (N-methyl/N-ethyl adjacent to an activating group) is 1. The van der Waals surface area contributed by atoms with E-state index in [9.17, 15) is 9.59 Å². The van der Waals surface area contributed by atoms with Crippen molar-refractivity contribution < 1.29 is 9.59 Å². The summed E-state index contributed by atoms with van der Waals surface area (Å²) in [6, 6.07) is 1.37. The minimum atomic E-state index is -0.416. The van der Waals surface area contributed by atoms with Crippen LogP contribution < -0.4 is 5.32 Å². The van der Waals surface area contributed by atoms with E-state index < -0.39 is 6.04 Å². The van der Waals surface area contributed by atoms with Gasteiger partial charge in [-0.15, -0.1) is 0 Å². The monoisotopic (exact) mass is 278 g/mol. The van der Waals surface area contributed by atoms with Crippen LogP contribution in [-0.2, 0) is 17.3 Å². The molecule has 1 atom stereocenters. The quantitative estimate of drug-likeness (QED) is 0.865. The van der Waals surface area contributed by atoms with Gasteiger partial charge in [-0.3, -0.25) is 14.3 Å². The highest BCUT2D eigenvalue weighted by Crippen LogP contribution is 2.21. The SMILES string of the molecule is CN1CCC(NC(=O)c2cc(C(C)(C)C)nn2C)C1=O. The fourth-order valence-corrected chi connectivity index (χ4v) is 2.23. The van der Waals surface area contributed by atoms with E-state index in [1.54, 1.807) is 29.7 Å². The number of amides is 2. The molecule has 0 saturated carbocycles. The fraction of sp³-hybridized carbons (Fsp3) is 0.643. The fourth-order valence-electron chi connectivity index (χ4n) is 2.23. The number of aryl methyl sites for hydroxylation is 1. The molecular formula is C14H22N4O2. The molecule has 20 heavy (non-hydrogen) atoms. The highest BCUT2D eigenvalue weighted by atomic mass is 16.2. The van der Waals surface area contributed by atoms with Crippen molar-refractivity contribution in [3.05, 3.63) is 17.5 Å². The van der Waals surface area contributed by atoms with E-state index in [1.165, 1.54) is 0 Å². The number of nitrogens with one attached hydrogen (secondary N) is 1. The van der Waals surface area contributed by atoms with Crippen LogP contribution in [0.25, 0.3) is 0 Å². The lowest BCUT2D eigenvalue weighted by Crippen LogP contribution is -2.41. The van der Waals surface area contributed by atoms with Gasteiger partial charge in [0.15, 0.2) is 0 Å². The predicted octanol–water partition coefficient (Wildman–Crippen LogP) is 0.678. The number of rotatable bonds is 2. The lowest BCUT2D eigenvalue weighted by atomic mass is 9.92. The molecule has 110 valence electrons. The summed E-state index contributed by atoms with van der Waals surface area (Å²) in [5.74, 6) is -0.277. The highest BCUT2D eigenvalue weighted by molar-refractivity contribution is 5.96. The topological polar surface area (TPSA) is 67.2 Å². The van der Waals surface area contributed by atoms with Gasteiger partial charge in [0.25, 0.3) is 5.91 Å². The predicted molar refractivity (Wildman–Crippen MR) is 75.4 cm³/mol. The van der Waals surface area contributed by atoms with Crippen LogP contribution in [0.1, 0.15) is 43.4 Å². The van der Waals surface area contributed by atoms with Gasteiger partial charge in [-0.25, -0.2) is 0 Å². The van der Waals surface area contributed by atoms with E-state index in [4.69, 9.17) is 0 Å². The molecule has 6 nitrogen and oxygen atoms in total.